The van der Waals surface area contributed by atoms with E-state index < -0.39 is 0 Å². The number of rotatable bonds is 3. The SMILES string of the molecule is Ic1cncnc1OCC1CC1. The largest absolute Gasteiger partial charge is 0.477 e. The highest BCUT2D eigenvalue weighted by atomic mass is 127. The molecule has 0 bridgehead atoms. The van der Waals surface area contributed by atoms with E-state index in [1.165, 1.54) is 19.2 Å². The Bertz CT molecular complexity index is 276. The van der Waals surface area contributed by atoms with Gasteiger partial charge in [0.15, 0.2) is 0 Å². The van der Waals surface area contributed by atoms with Crippen molar-refractivity contribution in [2.45, 2.75) is 12.8 Å². The Hall–Kier alpha value is -0.390. The Kier molecular flexibility index (Phi) is 2.43. The summed E-state index contributed by atoms with van der Waals surface area (Å²) >= 11 is 2.18. The zero-order chi connectivity index (χ0) is 8.39. The average Bonchev–Trinajstić information content (AvgIpc) is 2.86. The van der Waals surface area contributed by atoms with E-state index in [-0.39, 0.29) is 0 Å². The van der Waals surface area contributed by atoms with Crippen LogP contribution < -0.4 is 4.74 Å². The van der Waals surface area contributed by atoms with E-state index in [2.05, 4.69) is 32.6 Å². The molecule has 1 heterocycles. The molecule has 0 saturated heterocycles. The van der Waals surface area contributed by atoms with E-state index in [0.717, 1.165) is 22.0 Å². The number of aromatic nitrogens is 2. The molecule has 0 aliphatic heterocycles. The summed E-state index contributed by atoms with van der Waals surface area (Å²) in [5.41, 5.74) is 0. The zero-order valence-electron chi connectivity index (χ0n) is 6.53. The second-order valence-corrected chi connectivity index (χ2v) is 4.09. The first-order valence-electron chi connectivity index (χ1n) is 3.94. The van der Waals surface area contributed by atoms with E-state index in [1.807, 2.05) is 0 Å². The molecule has 1 aliphatic carbocycles. The first kappa shape index (κ1) is 8.22. The minimum absolute atomic E-state index is 0.720. The van der Waals surface area contributed by atoms with E-state index in [9.17, 15) is 0 Å². The maximum absolute atomic E-state index is 5.50. The lowest BCUT2D eigenvalue weighted by molar-refractivity contribution is 0.285. The molecule has 2 rings (SSSR count). The van der Waals surface area contributed by atoms with E-state index in [0.29, 0.717) is 0 Å². The van der Waals surface area contributed by atoms with Crippen molar-refractivity contribution >= 4 is 22.6 Å². The van der Waals surface area contributed by atoms with E-state index >= 15 is 0 Å². The first-order valence-corrected chi connectivity index (χ1v) is 5.02. The predicted molar refractivity (Wildman–Crippen MR) is 53.0 cm³/mol. The van der Waals surface area contributed by atoms with Gasteiger partial charge in [-0.25, -0.2) is 9.97 Å². The zero-order valence-corrected chi connectivity index (χ0v) is 8.69. The van der Waals surface area contributed by atoms with Gasteiger partial charge in [-0.3, -0.25) is 0 Å². The molecule has 0 amide bonds. The lowest BCUT2D eigenvalue weighted by Gasteiger charge is -2.03. The van der Waals surface area contributed by atoms with Crippen molar-refractivity contribution in [3.8, 4) is 5.88 Å². The topological polar surface area (TPSA) is 35.0 Å². The number of hydrogen-bond donors (Lipinski definition) is 0. The van der Waals surface area contributed by atoms with Crippen molar-refractivity contribution in [2.24, 2.45) is 5.92 Å². The molecule has 0 atom stereocenters. The number of halogens is 1. The highest BCUT2D eigenvalue weighted by Gasteiger charge is 2.22. The van der Waals surface area contributed by atoms with Crippen molar-refractivity contribution in [1.82, 2.24) is 9.97 Å². The highest BCUT2D eigenvalue weighted by molar-refractivity contribution is 14.1. The molecule has 0 aromatic carbocycles. The minimum atomic E-state index is 0.720. The lowest BCUT2D eigenvalue weighted by atomic mass is 10.5. The van der Waals surface area contributed by atoms with Crippen LogP contribution in [0.25, 0.3) is 0 Å². The maximum Gasteiger partial charge on any atom is 0.230 e. The van der Waals surface area contributed by atoms with Crippen LogP contribution in [-0.2, 0) is 0 Å². The van der Waals surface area contributed by atoms with Gasteiger partial charge in [0, 0.05) is 6.20 Å². The van der Waals surface area contributed by atoms with Crippen LogP contribution in [0.5, 0.6) is 5.88 Å². The molecule has 0 N–H and O–H groups in total. The van der Waals surface area contributed by atoms with Gasteiger partial charge >= 0.3 is 0 Å². The lowest BCUT2D eigenvalue weighted by Crippen LogP contribution is -2.02. The van der Waals surface area contributed by atoms with Crippen LogP contribution in [0.15, 0.2) is 12.5 Å². The monoisotopic (exact) mass is 276 g/mol. The molecular weight excluding hydrogens is 267 g/mol. The van der Waals surface area contributed by atoms with Crippen LogP contribution in [-0.4, -0.2) is 16.6 Å². The van der Waals surface area contributed by atoms with Crippen molar-refractivity contribution in [2.75, 3.05) is 6.61 Å². The predicted octanol–water partition coefficient (Wildman–Crippen LogP) is 1.87. The summed E-state index contributed by atoms with van der Waals surface area (Å²) in [5, 5.41) is 0. The summed E-state index contributed by atoms with van der Waals surface area (Å²) in [5.74, 6) is 1.49. The Labute approximate surface area is 84.7 Å². The van der Waals surface area contributed by atoms with Gasteiger partial charge < -0.3 is 4.74 Å². The smallest absolute Gasteiger partial charge is 0.230 e. The third-order valence-corrected chi connectivity index (χ3v) is 2.53. The molecule has 4 heteroatoms. The molecule has 1 aliphatic rings. The molecule has 1 aromatic heterocycles. The third-order valence-electron chi connectivity index (χ3n) is 1.79. The summed E-state index contributed by atoms with van der Waals surface area (Å²) in [7, 11) is 0. The fourth-order valence-corrected chi connectivity index (χ4v) is 1.34. The fraction of sp³-hybridized carbons (Fsp3) is 0.500. The van der Waals surface area contributed by atoms with Crippen molar-refractivity contribution in [1.29, 1.82) is 0 Å². The number of ether oxygens (including phenoxy) is 1. The highest BCUT2D eigenvalue weighted by Crippen LogP contribution is 2.29. The van der Waals surface area contributed by atoms with Crippen LogP contribution in [0.1, 0.15) is 12.8 Å². The van der Waals surface area contributed by atoms with E-state index in [4.69, 9.17) is 4.74 Å². The normalized spacial score (nSPS) is 16.1. The van der Waals surface area contributed by atoms with Gasteiger partial charge in [-0.15, -0.1) is 0 Å². The summed E-state index contributed by atoms with van der Waals surface area (Å²) in [4.78, 5) is 7.93. The van der Waals surface area contributed by atoms with E-state index in [1.54, 1.807) is 6.20 Å². The fourth-order valence-electron chi connectivity index (χ4n) is 0.889. The van der Waals surface area contributed by atoms with Crippen LogP contribution in [0.2, 0.25) is 0 Å². The maximum atomic E-state index is 5.50. The van der Waals surface area contributed by atoms with Crippen molar-refractivity contribution in [3.63, 3.8) is 0 Å². The van der Waals surface area contributed by atoms with Gasteiger partial charge in [0.25, 0.3) is 0 Å². The molecule has 0 unspecified atom stereocenters. The third kappa shape index (κ3) is 2.06. The standard InChI is InChI=1S/C8H9IN2O/c9-7-3-10-5-11-8(7)12-4-6-1-2-6/h3,5-6H,1-2,4H2. The Balaban J connectivity index is 1.96. The summed E-state index contributed by atoms with van der Waals surface area (Å²) in [6.07, 6.45) is 5.89. The van der Waals surface area contributed by atoms with Gasteiger partial charge in [0.1, 0.15) is 6.33 Å². The van der Waals surface area contributed by atoms with Crippen LogP contribution in [0, 0.1) is 9.49 Å². The molecule has 1 saturated carbocycles. The van der Waals surface area contributed by atoms with Gasteiger partial charge in [-0.2, -0.15) is 0 Å². The number of hydrogen-bond acceptors (Lipinski definition) is 3. The summed E-state index contributed by atoms with van der Waals surface area (Å²) in [6.45, 7) is 0.813. The second kappa shape index (κ2) is 3.55. The van der Waals surface area contributed by atoms with Crippen LogP contribution in [0.3, 0.4) is 0 Å². The van der Waals surface area contributed by atoms with Gasteiger partial charge in [0.2, 0.25) is 5.88 Å². The molecule has 1 aromatic rings. The molecule has 3 nitrogen and oxygen atoms in total. The second-order valence-electron chi connectivity index (χ2n) is 2.93. The molecule has 12 heavy (non-hydrogen) atoms. The van der Waals surface area contributed by atoms with Gasteiger partial charge in [-0.05, 0) is 41.4 Å². The van der Waals surface area contributed by atoms with Crippen LogP contribution in [0.4, 0.5) is 0 Å². The van der Waals surface area contributed by atoms with Gasteiger partial charge in [-0.1, -0.05) is 0 Å². The summed E-state index contributed by atoms with van der Waals surface area (Å²) in [6, 6.07) is 0. The summed E-state index contributed by atoms with van der Waals surface area (Å²) < 4.78 is 6.48. The molecule has 0 radical (unpaired) electrons. The van der Waals surface area contributed by atoms with Crippen molar-refractivity contribution < 1.29 is 4.74 Å². The molecule has 0 spiro atoms. The number of nitrogens with zero attached hydrogens (tertiary/aromatic N) is 2. The van der Waals surface area contributed by atoms with Crippen LogP contribution >= 0.6 is 22.6 Å². The quantitative estimate of drug-likeness (QED) is 0.790. The molecule has 1 fully saturated rings. The Morgan fingerprint density at radius 1 is 1.58 bits per heavy atom. The Morgan fingerprint density at radius 3 is 3.08 bits per heavy atom. The Morgan fingerprint density at radius 2 is 2.42 bits per heavy atom. The van der Waals surface area contributed by atoms with Crippen molar-refractivity contribution in [3.05, 3.63) is 16.1 Å². The average molecular weight is 276 g/mol. The molecule has 64 valence electrons. The minimum Gasteiger partial charge on any atom is -0.477 e. The van der Waals surface area contributed by atoms with Gasteiger partial charge in [0.05, 0.1) is 10.2 Å². The first-order chi connectivity index (χ1) is 5.86. The molecular formula is C8H9IN2O.